The maximum Gasteiger partial charge on any atom is 0.250 e. The van der Waals surface area contributed by atoms with Crippen LogP contribution < -0.4 is 10.9 Å². The lowest BCUT2D eigenvalue weighted by Gasteiger charge is -2.07. The van der Waals surface area contributed by atoms with Crippen molar-refractivity contribution in [3.63, 3.8) is 0 Å². The van der Waals surface area contributed by atoms with Crippen molar-refractivity contribution in [2.24, 2.45) is 0 Å². The summed E-state index contributed by atoms with van der Waals surface area (Å²) in [6.45, 7) is -0.0202. The van der Waals surface area contributed by atoms with Crippen LogP contribution in [0.1, 0.15) is 11.3 Å². The van der Waals surface area contributed by atoms with Crippen molar-refractivity contribution in [1.82, 2.24) is 9.55 Å². The topological polar surface area (TPSA) is 64.0 Å². The molecule has 0 bridgehead atoms. The Morgan fingerprint density at radius 3 is 2.72 bits per heavy atom. The fourth-order valence-electron chi connectivity index (χ4n) is 2.32. The number of nitrogens with zero attached hydrogens (tertiary/aromatic N) is 2. The molecule has 0 saturated heterocycles. The molecular formula is C20H17N3O2. The van der Waals surface area contributed by atoms with E-state index in [9.17, 15) is 9.59 Å². The van der Waals surface area contributed by atoms with E-state index >= 15 is 0 Å². The monoisotopic (exact) mass is 331 g/mol. The van der Waals surface area contributed by atoms with Gasteiger partial charge in [-0.1, -0.05) is 30.3 Å². The molecule has 5 heteroatoms. The van der Waals surface area contributed by atoms with Gasteiger partial charge in [-0.3, -0.25) is 14.6 Å². The highest BCUT2D eigenvalue weighted by atomic mass is 16.2. The number of benzene rings is 1. The van der Waals surface area contributed by atoms with Crippen LogP contribution >= 0.6 is 0 Å². The Morgan fingerprint density at radius 2 is 1.92 bits per heavy atom. The first-order valence-corrected chi connectivity index (χ1v) is 7.85. The number of amides is 1. The van der Waals surface area contributed by atoms with Gasteiger partial charge < -0.3 is 9.88 Å². The zero-order valence-electron chi connectivity index (χ0n) is 13.5. The average molecular weight is 331 g/mol. The molecule has 0 aliphatic heterocycles. The van der Waals surface area contributed by atoms with Crippen molar-refractivity contribution in [3.05, 3.63) is 94.7 Å². The quantitative estimate of drug-likeness (QED) is 0.781. The standard InChI is InChI=1S/C20H17N3O2/c24-19(15-23-13-4-2-9-20(23)25)22-18-8-5-6-16(14-18)10-11-17-7-1-3-12-21-17/h1-14H,15H2,(H,22,24)/b11-10+. The summed E-state index contributed by atoms with van der Waals surface area (Å²) in [5.74, 6) is -0.251. The van der Waals surface area contributed by atoms with Crippen LogP contribution in [0.25, 0.3) is 12.2 Å². The van der Waals surface area contributed by atoms with E-state index in [4.69, 9.17) is 0 Å². The SMILES string of the molecule is O=C(Cn1ccccc1=O)Nc1cccc(/C=C/c2ccccn2)c1. The Balaban J connectivity index is 1.67. The van der Waals surface area contributed by atoms with Gasteiger partial charge in [0.25, 0.3) is 5.56 Å². The van der Waals surface area contributed by atoms with E-state index in [-0.39, 0.29) is 18.0 Å². The minimum Gasteiger partial charge on any atom is -0.325 e. The zero-order chi connectivity index (χ0) is 17.5. The lowest BCUT2D eigenvalue weighted by Crippen LogP contribution is -2.26. The van der Waals surface area contributed by atoms with Gasteiger partial charge in [0.15, 0.2) is 0 Å². The number of aromatic nitrogens is 2. The summed E-state index contributed by atoms with van der Waals surface area (Å²) < 4.78 is 1.36. The molecule has 3 aromatic rings. The van der Waals surface area contributed by atoms with Crippen LogP contribution in [0.3, 0.4) is 0 Å². The normalized spacial score (nSPS) is 10.7. The van der Waals surface area contributed by atoms with E-state index in [0.717, 1.165) is 11.3 Å². The second-order valence-corrected chi connectivity index (χ2v) is 5.43. The average Bonchev–Trinajstić information content (AvgIpc) is 2.63. The number of nitrogens with one attached hydrogen (secondary N) is 1. The summed E-state index contributed by atoms with van der Waals surface area (Å²) in [6, 6.07) is 18.0. The molecule has 0 saturated carbocycles. The van der Waals surface area contributed by atoms with Crippen LogP contribution in [0.5, 0.6) is 0 Å². The van der Waals surface area contributed by atoms with Gasteiger partial charge in [0.2, 0.25) is 5.91 Å². The summed E-state index contributed by atoms with van der Waals surface area (Å²) in [5.41, 5.74) is 2.28. The van der Waals surface area contributed by atoms with Crippen LogP contribution in [0.15, 0.2) is 77.9 Å². The zero-order valence-corrected chi connectivity index (χ0v) is 13.5. The van der Waals surface area contributed by atoms with Gasteiger partial charge in [-0.2, -0.15) is 0 Å². The molecule has 2 aromatic heterocycles. The summed E-state index contributed by atoms with van der Waals surface area (Å²) in [5, 5.41) is 2.81. The van der Waals surface area contributed by atoms with Crippen molar-refractivity contribution >= 4 is 23.7 Å². The largest absolute Gasteiger partial charge is 0.325 e. The third kappa shape index (κ3) is 4.75. The Labute approximate surface area is 145 Å². The highest BCUT2D eigenvalue weighted by Crippen LogP contribution is 2.13. The first-order chi connectivity index (χ1) is 12.2. The molecule has 2 heterocycles. The summed E-state index contributed by atoms with van der Waals surface area (Å²) >= 11 is 0. The molecule has 1 aromatic carbocycles. The van der Waals surface area contributed by atoms with Crippen molar-refractivity contribution in [3.8, 4) is 0 Å². The van der Waals surface area contributed by atoms with Crippen molar-refractivity contribution in [2.45, 2.75) is 6.54 Å². The molecule has 0 aliphatic carbocycles. The first kappa shape index (κ1) is 16.4. The van der Waals surface area contributed by atoms with E-state index in [1.54, 1.807) is 24.5 Å². The maximum absolute atomic E-state index is 12.1. The van der Waals surface area contributed by atoms with Crippen molar-refractivity contribution in [1.29, 1.82) is 0 Å². The highest BCUT2D eigenvalue weighted by molar-refractivity contribution is 5.91. The first-order valence-electron chi connectivity index (χ1n) is 7.85. The lowest BCUT2D eigenvalue weighted by atomic mass is 10.1. The molecule has 1 amide bonds. The fraction of sp³-hybridized carbons (Fsp3) is 0.0500. The Morgan fingerprint density at radius 1 is 1.04 bits per heavy atom. The Kier molecular flexibility index (Phi) is 5.16. The van der Waals surface area contributed by atoms with Gasteiger partial charge in [0.05, 0.1) is 5.69 Å². The Hall–Kier alpha value is -3.47. The third-order valence-corrected chi connectivity index (χ3v) is 3.52. The van der Waals surface area contributed by atoms with Crippen LogP contribution in [0, 0.1) is 0 Å². The lowest BCUT2D eigenvalue weighted by molar-refractivity contribution is -0.116. The fourth-order valence-corrected chi connectivity index (χ4v) is 2.32. The number of hydrogen-bond acceptors (Lipinski definition) is 3. The van der Waals surface area contributed by atoms with Gasteiger partial charge in [0.1, 0.15) is 6.54 Å². The smallest absolute Gasteiger partial charge is 0.250 e. The summed E-state index contributed by atoms with van der Waals surface area (Å²) in [6.07, 6.45) is 7.17. The predicted molar refractivity (Wildman–Crippen MR) is 98.9 cm³/mol. The van der Waals surface area contributed by atoms with Gasteiger partial charge in [0, 0.05) is 24.1 Å². The molecule has 0 spiro atoms. The van der Waals surface area contributed by atoms with E-state index in [0.29, 0.717) is 5.69 Å². The van der Waals surface area contributed by atoms with Gasteiger partial charge in [-0.05, 0) is 42.0 Å². The van der Waals surface area contributed by atoms with Crippen molar-refractivity contribution < 1.29 is 4.79 Å². The van der Waals surface area contributed by atoms with Gasteiger partial charge in [-0.25, -0.2) is 0 Å². The van der Waals surface area contributed by atoms with E-state index in [1.165, 1.54) is 10.6 Å². The number of carbonyl (C=O) groups excluding carboxylic acids is 1. The van der Waals surface area contributed by atoms with E-state index in [2.05, 4.69) is 10.3 Å². The van der Waals surface area contributed by atoms with Crippen LogP contribution in [0.2, 0.25) is 0 Å². The molecule has 1 N–H and O–H groups in total. The van der Waals surface area contributed by atoms with Crippen LogP contribution in [-0.4, -0.2) is 15.5 Å². The number of hydrogen-bond donors (Lipinski definition) is 1. The van der Waals surface area contributed by atoms with Crippen LogP contribution in [-0.2, 0) is 11.3 Å². The van der Waals surface area contributed by atoms with Crippen LogP contribution in [0.4, 0.5) is 5.69 Å². The molecule has 3 rings (SSSR count). The van der Waals surface area contributed by atoms with E-state index < -0.39 is 0 Å². The predicted octanol–water partition coefficient (Wildman–Crippen LogP) is 3.05. The number of pyridine rings is 2. The van der Waals surface area contributed by atoms with Gasteiger partial charge in [-0.15, -0.1) is 0 Å². The molecule has 0 aliphatic rings. The number of carbonyl (C=O) groups is 1. The molecule has 0 fully saturated rings. The molecule has 0 radical (unpaired) electrons. The molecule has 0 unspecified atom stereocenters. The second kappa shape index (κ2) is 7.88. The number of anilines is 1. The summed E-state index contributed by atoms with van der Waals surface area (Å²) in [4.78, 5) is 28.0. The molecule has 0 atom stereocenters. The third-order valence-electron chi connectivity index (χ3n) is 3.52. The second-order valence-electron chi connectivity index (χ2n) is 5.43. The number of rotatable bonds is 5. The highest BCUT2D eigenvalue weighted by Gasteiger charge is 2.04. The minimum atomic E-state index is -0.251. The van der Waals surface area contributed by atoms with Gasteiger partial charge >= 0.3 is 0 Å². The Bertz CT molecular complexity index is 946. The maximum atomic E-state index is 12.1. The molecule has 124 valence electrons. The minimum absolute atomic E-state index is 0.0202. The summed E-state index contributed by atoms with van der Waals surface area (Å²) in [7, 11) is 0. The van der Waals surface area contributed by atoms with E-state index in [1.807, 2.05) is 54.6 Å². The molecule has 5 nitrogen and oxygen atoms in total. The molecular weight excluding hydrogens is 314 g/mol. The van der Waals surface area contributed by atoms with Crippen molar-refractivity contribution in [2.75, 3.05) is 5.32 Å². The molecule has 25 heavy (non-hydrogen) atoms.